The number of carbonyl (C=O) groups is 1. The Balaban J connectivity index is 1.29. The van der Waals surface area contributed by atoms with E-state index in [1.807, 2.05) is 30.6 Å². The predicted molar refractivity (Wildman–Crippen MR) is 116 cm³/mol. The number of halogens is 1. The van der Waals surface area contributed by atoms with Crippen LogP contribution in [0.5, 0.6) is 0 Å². The quantitative estimate of drug-likeness (QED) is 0.590. The molecule has 1 saturated carbocycles. The van der Waals surface area contributed by atoms with E-state index in [2.05, 4.69) is 44.8 Å². The van der Waals surface area contributed by atoms with Gasteiger partial charge in [0.25, 0.3) is 0 Å². The van der Waals surface area contributed by atoms with Crippen molar-refractivity contribution in [2.75, 3.05) is 13.1 Å². The van der Waals surface area contributed by atoms with Crippen molar-refractivity contribution in [3.63, 3.8) is 0 Å². The predicted octanol–water partition coefficient (Wildman–Crippen LogP) is 5.13. The number of hydrogen-bond acceptors (Lipinski definition) is 2. The van der Waals surface area contributed by atoms with E-state index in [0.717, 1.165) is 66.4 Å². The molecule has 0 N–H and O–H groups in total. The van der Waals surface area contributed by atoms with Gasteiger partial charge in [0.15, 0.2) is 0 Å². The summed E-state index contributed by atoms with van der Waals surface area (Å²) < 4.78 is 2.23. The van der Waals surface area contributed by atoms with E-state index in [0.29, 0.717) is 17.7 Å². The Morgan fingerprint density at radius 1 is 1.03 bits per heavy atom. The van der Waals surface area contributed by atoms with Gasteiger partial charge < -0.3 is 9.47 Å². The normalized spacial score (nSPS) is 18.9. The topological polar surface area (TPSA) is 38.1 Å². The number of hydrogen-bond donors (Lipinski definition) is 0. The Kier molecular flexibility index (Phi) is 4.88. The number of likely N-dealkylation sites (tertiary alicyclic amines) is 1. The fourth-order valence-electron chi connectivity index (χ4n) is 4.25. The van der Waals surface area contributed by atoms with E-state index in [1.165, 1.54) is 0 Å². The van der Waals surface area contributed by atoms with Gasteiger partial charge in [0.05, 0.1) is 0 Å². The molecule has 3 aromatic rings. The van der Waals surface area contributed by atoms with E-state index < -0.39 is 0 Å². The fourth-order valence-corrected chi connectivity index (χ4v) is 4.44. The van der Waals surface area contributed by atoms with Gasteiger partial charge in [-0.2, -0.15) is 0 Å². The maximum Gasteiger partial charge on any atom is 0.225 e. The van der Waals surface area contributed by atoms with Crippen LogP contribution in [0.4, 0.5) is 0 Å². The molecule has 0 bridgehead atoms. The van der Waals surface area contributed by atoms with Gasteiger partial charge in [0.2, 0.25) is 5.91 Å². The minimum atomic E-state index is 0.315. The summed E-state index contributed by atoms with van der Waals surface area (Å²) >= 11 is 6.12. The molecule has 0 spiro atoms. The average molecular weight is 406 g/mol. The molecular weight excluding hydrogens is 382 g/mol. The first kappa shape index (κ1) is 18.4. The Morgan fingerprint density at radius 3 is 2.59 bits per heavy atom. The molecule has 0 unspecified atom stereocenters. The van der Waals surface area contributed by atoms with Gasteiger partial charge in [0, 0.05) is 48.5 Å². The second-order valence-corrected chi connectivity index (χ2v) is 8.64. The zero-order chi connectivity index (χ0) is 19.8. The third kappa shape index (κ3) is 3.95. The minimum Gasteiger partial charge on any atom is -0.342 e. The van der Waals surface area contributed by atoms with Gasteiger partial charge in [-0.15, -0.1) is 0 Å². The molecule has 1 atom stereocenters. The number of nitrogens with zero attached hydrogens (tertiary/aromatic N) is 3. The summed E-state index contributed by atoms with van der Waals surface area (Å²) in [4.78, 5) is 19.0. The second-order valence-electron chi connectivity index (χ2n) is 8.20. The second kappa shape index (κ2) is 7.68. The molecule has 29 heavy (non-hydrogen) atoms. The summed E-state index contributed by atoms with van der Waals surface area (Å²) in [5.41, 5.74) is 3.35. The summed E-state index contributed by atoms with van der Waals surface area (Å²) in [6.45, 7) is 2.68. The van der Waals surface area contributed by atoms with Crippen molar-refractivity contribution in [3.8, 4) is 22.5 Å². The highest BCUT2D eigenvalue weighted by Crippen LogP contribution is 2.33. The van der Waals surface area contributed by atoms with Gasteiger partial charge >= 0.3 is 0 Å². The number of carbonyl (C=O) groups excluding carboxylic acids is 1. The molecule has 5 rings (SSSR count). The van der Waals surface area contributed by atoms with Crippen molar-refractivity contribution in [2.45, 2.75) is 25.8 Å². The van der Waals surface area contributed by atoms with Crippen molar-refractivity contribution in [3.05, 3.63) is 65.9 Å². The van der Waals surface area contributed by atoms with Crippen LogP contribution in [0.2, 0.25) is 5.02 Å². The van der Waals surface area contributed by atoms with Crippen molar-refractivity contribution < 1.29 is 4.79 Å². The summed E-state index contributed by atoms with van der Waals surface area (Å²) in [5.74, 6) is 2.16. The lowest BCUT2D eigenvalue weighted by Gasteiger charge is -2.17. The van der Waals surface area contributed by atoms with E-state index in [1.54, 1.807) is 0 Å². The van der Waals surface area contributed by atoms with Crippen LogP contribution in [0.25, 0.3) is 22.5 Å². The molecule has 1 aliphatic heterocycles. The highest BCUT2D eigenvalue weighted by Gasteiger charge is 2.36. The fraction of sp³-hybridized carbons (Fsp3) is 0.333. The van der Waals surface area contributed by atoms with Gasteiger partial charge in [-0.1, -0.05) is 48.0 Å². The highest BCUT2D eigenvalue weighted by atomic mass is 35.5. The molecule has 1 aromatic heterocycles. The Hall–Kier alpha value is -2.59. The van der Waals surface area contributed by atoms with Crippen LogP contribution in [0, 0.1) is 11.8 Å². The monoisotopic (exact) mass is 405 g/mol. The lowest BCUT2D eigenvalue weighted by atomic mass is 10.0. The van der Waals surface area contributed by atoms with Crippen LogP contribution >= 0.6 is 11.6 Å². The van der Waals surface area contributed by atoms with E-state index in [4.69, 9.17) is 11.6 Å². The number of aromatic nitrogens is 2. The van der Waals surface area contributed by atoms with Crippen molar-refractivity contribution in [1.29, 1.82) is 0 Å². The largest absolute Gasteiger partial charge is 0.342 e. The SMILES string of the molecule is O=C(C1CC1)N1CC[C@H](Cn2ccnc2-c2ccc(-c3cccc(Cl)c3)cc2)C1. The molecule has 0 radical (unpaired) electrons. The lowest BCUT2D eigenvalue weighted by molar-refractivity contribution is -0.131. The van der Waals surface area contributed by atoms with Crippen LogP contribution in [0.15, 0.2) is 60.9 Å². The number of benzene rings is 2. The van der Waals surface area contributed by atoms with Gasteiger partial charge in [-0.25, -0.2) is 4.98 Å². The van der Waals surface area contributed by atoms with Crippen LogP contribution in [-0.2, 0) is 11.3 Å². The summed E-state index contributed by atoms with van der Waals surface area (Å²) in [6, 6.07) is 16.4. The van der Waals surface area contributed by atoms with E-state index in [-0.39, 0.29) is 0 Å². The van der Waals surface area contributed by atoms with Gasteiger partial charge in [-0.05, 0) is 48.4 Å². The molecule has 5 heteroatoms. The standard InChI is InChI=1S/C24H24ClN3O/c25-22-3-1-2-21(14-22)18-4-6-19(7-5-18)23-26-11-13-27(23)15-17-10-12-28(16-17)24(29)20-8-9-20/h1-7,11,13-14,17,20H,8-10,12,15-16H2/t17-/m1/s1. The number of rotatable bonds is 5. The summed E-state index contributed by atoms with van der Waals surface area (Å²) in [7, 11) is 0. The summed E-state index contributed by atoms with van der Waals surface area (Å²) in [6.07, 6.45) is 7.14. The smallest absolute Gasteiger partial charge is 0.225 e. The van der Waals surface area contributed by atoms with Gasteiger partial charge in [0.1, 0.15) is 5.82 Å². The average Bonchev–Trinajstić information content (AvgIpc) is 3.32. The summed E-state index contributed by atoms with van der Waals surface area (Å²) in [5, 5.41) is 0.743. The van der Waals surface area contributed by atoms with Crippen molar-refractivity contribution in [2.24, 2.45) is 11.8 Å². The Morgan fingerprint density at radius 2 is 1.83 bits per heavy atom. The molecule has 4 nitrogen and oxygen atoms in total. The lowest BCUT2D eigenvalue weighted by Crippen LogP contribution is -2.30. The number of amides is 1. The highest BCUT2D eigenvalue weighted by molar-refractivity contribution is 6.30. The molecule has 1 aliphatic carbocycles. The maximum absolute atomic E-state index is 12.3. The molecule has 1 amide bonds. The minimum absolute atomic E-state index is 0.315. The van der Waals surface area contributed by atoms with Crippen LogP contribution in [0.1, 0.15) is 19.3 Å². The van der Waals surface area contributed by atoms with E-state index >= 15 is 0 Å². The first-order valence-electron chi connectivity index (χ1n) is 10.3. The molecule has 1 saturated heterocycles. The number of imidazole rings is 1. The van der Waals surface area contributed by atoms with Crippen molar-refractivity contribution >= 4 is 17.5 Å². The molecule has 148 valence electrons. The molecular formula is C24H24ClN3O. The van der Waals surface area contributed by atoms with E-state index in [9.17, 15) is 4.79 Å². The first-order valence-corrected chi connectivity index (χ1v) is 10.7. The van der Waals surface area contributed by atoms with Crippen LogP contribution in [-0.4, -0.2) is 33.4 Å². The zero-order valence-corrected chi connectivity index (χ0v) is 17.1. The Bertz CT molecular complexity index is 1020. The third-order valence-electron chi connectivity index (χ3n) is 6.00. The molecule has 2 aliphatic rings. The van der Waals surface area contributed by atoms with Crippen LogP contribution in [0.3, 0.4) is 0 Å². The Labute approximate surface area is 176 Å². The molecule has 2 heterocycles. The maximum atomic E-state index is 12.3. The zero-order valence-electron chi connectivity index (χ0n) is 16.3. The van der Waals surface area contributed by atoms with Gasteiger partial charge in [-0.3, -0.25) is 4.79 Å². The van der Waals surface area contributed by atoms with Crippen LogP contribution < -0.4 is 0 Å². The molecule has 2 aromatic carbocycles. The molecule has 2 fully saturated rings. The first-order chi connectivity index (χ1) is 14.2. The third-order valence-corrected chi connectivity index (χ3v) is 6.23. The van der Waals surface area contributed by atoms with Crippen molar-refractivity contribution in [1.82, 2.24) is 14.5 Å².